The first-order chi connectivity index (χ1) is 9.67. The van der Waals surface area contributed by atoms with Crippen molar-refractivity contribution in [3.8, 4) is 0 Å². The SMILES string of the molecule is C=CCN(CC=C)CCc1cccc2c1C(=O)C(=O)N2. The van der Waals surface area contributed by atoms with Gasteiger partial charge in [0.2, 0.25) is 0 Å². The molecule has 1 aliphatic rings. The van der Waals surface area contributed by atoms with Gasteiger partial charge in [-0.05, 0) is 18.1 Å². The second-order valence-electron chi connectivity index (χ2n) is 4.71. The maximum absolute atomic E-state index is 11.9. The van der Waals surface area contributed by atoms with Crippen LogP contribution in [-0.2, 0) is 11.2 Å². The Hall–Kier alpha value is -2.20. The third-order valence-electron chi connectivity index (χ3n) is 3.30. The van der Waals surface area contributed by atoms with E-state index in [1.54, 1.807) is 6.07 Å². The lowest BCUT2D eigenvalue weighted by Crippen LogP contribution is -2.26. The zero-order chi connectivity index (χ0) is 14.5. The van der Waals surface area contributed by atoms with Gasteiger partial charge in [0, 0.05) is 19.6 Å². The third-order valence-corrected chi connectivity index (χ3v) is 3.30. The fourth-order valence-electron chi connectivity index (χ4n) is 2.37. The van der Waals surface area contributed by atoms with Gasteiger partial charge in [-0.1, -0.05) is 24.3 Å². The highest BCUT2D eigenvalue weighted by Gasteiger charge is 2.30. The van der Waals surface area contributed by atoms with Gasteiger partial charge in [-0.15, -0.1) is 13.2 Å². The summed E-state index contributed by atoms with van der Waals surface area (Å²) in [7, 11) is 0. The van der Waals surface area contributed by atoms with Crippen molar-refractivity contribution in [2.45, 2.75) is 6.42 Å². The fourth-order valence-corrected chi connectivity index (χ4v) is 2.37. The number of hydrogen-bond acceptors (Lipinski definition) is 3. The summed E-state index contributed by atoms with van der Waals surface area (Å²) in [5, 5.41) is 2.59. The van der Waals surface area contributed by atoms with Gasteiger partial charge in [-0.25, -0.2) is 0 Å². The molecule has 2 rings (SSSR count). The number of amides is 1. The smallest absolute Gasteiger partial charge is 0.296 e. The predicted molar refractivity (Wildman–Crippen MR) is 79.9 cm³/mol. The van der Waals surface area contributed by atoms with Crippen LogP contribution in [0.1, 0.15) is 15.9 Å². The Morgan fingerprint density at radius 2 is 1.85 bits per heavy atom. The minimum Gasteiger partial charge on any atom is -0.318 e. The number of fused-ring (bicyclic) bond motifs is 1. The molecule has 1 aliphatic heterocycles. The lowest BCUT2D eigenvalue weighted by Gasteiger charge is -2.19. The number of nitrogens with one attached hydrogen (secondary N) is 1. The molecule has 0 aliphatic carbocycles. The van der Waals surface area contributed by atoms with Crippen molar-refractivity contribution in [1.29, 1.82) is 0 Å². The summed E-state index contributed by atoms with van der Waals surface area (Å²) >= 11 is 0. The van der Waals surface area contributed by atoms with Crippen LogP contribution in [0.5, 0.6) is 0 Å². The van der Waals surface area contributed by atoms with Crippen LogP contribution in [0.4, 0.5) is 5.69 Å². The lowest BCUT2D eigenvalue weighted by molar-refractivity contribution is -0.112. The normalized spacial score (nSPS) is 13.2. The van der Waals surface area contributed by atoms with Crippen molar-refractivity contribution in [3.05, 3.63) is 54.6 Å². The Bertz CT molecular complexity index is 554. The Balaban J connectivity index is 2.13. The number of benzene rings is 1. The first-order valence-electron chi connectivity index (χ1n) is 6.59. The highest BCUT2D eigenvalue weighted by molar-refractivity contribution is 6.52. The van der Waals surface area contributed by atoms with Gasteiger partial charge in [0.15, 0.2) is 0 Å². The first-order valence-corrected chi connectivity index (χ1v) is 6.59. The molecule has 20 heavy (non-hydrogen) atoms. The van der Waals surface area contributed by atoms with E-state index in [4.69, 9.17) is 0 Å². The molecule has 1 aromatic carbocycles. The van der Waals surface area contributed by atoms with Gasteiger partial charge in [0.05, 0.1) is 11.3 Å². The predicted octanol–water partition coefficient (Wildman–Crippen LogP) is 2.04. The Kier molecular flexibility index (Phi) is 4.48. The molecular weight excluding hydrogens is 252 g/mol. The van der Waals surface area contributed by atoms with E-state index >= 15 is 0 Å². The van der Waals surface area contributed by atoms with Crippen molar-refractivity contribution in [2.75, 3.05) is 25.0 Å². The standard InChI is InChI=1S/C16H18N2O2/c1-3-9-18(10-4-2)11-8-12-6-5-7-13-14(12)15(19)16(20)17-13/h3-7H,1-2,8-11H2,(H,17,19,20). The van der Waals surface area contributed by atoms with Gasteiger partial charge in [0.25, 0.3) is 11.7 Å². The van der Waals surface area contributed by atoms with Gasteiger partial charge in [-0.2, -0.15) is 0 Å². The number of carbonyl (C=O) groups excluding carboxylic acids is 2. The van der Waals surface area contributed by atoms with E-state index in [-0.39, 0.29) is 0 Å². The molecule has 104 valence electrons. The average Bonchev–Trinajstić information content (AvgIpc) is 2.73. The number of ketones is 1. The van der Waals surface area contributed by atoms with E-state index in [1.807, 2.05) is 24.3 Å². The van der Waals surface area contributed by atoms with Crippen LogP contribution in [0.15, 0.2) is 43.5 Å². The van der Waals surface area contributed by atoms with Crippen LogP contribution in [0.2, 0.25) is 0 Å². The number of Topliss-reactive ketones (excluding diaryl/α,β-unsaturated/α-hetero) is 1. The minimum atomic E-state index is -0.540. The van der Waals surface area contributed by atoms with Gasteiger partial charge < -0.3 is 5.32 Å². The zero-order valence-corrected chi connectivity index (χ0v) is 11.4. The summed E-state index contributed by atoms with van der Waals surface area (Å²) < 4.78 is 0. The minimum absolute atomic E-state index is 0.436. The average molecular weight is 270 g/mol. The van der Waals surface area contributed by atoms with Crippen LogP contribution >= 0.6 is 0 Å². The van der Waals surface area contributed by atoms with Crippen molar-refractivity contribution >= 4 is 17.4 Å². The number of anilines is 1. The molecule has 0 fully saturated rings. The molecule has 4 heteroatoms. The van der Waals surface area contributed by atoms with E-state index < -0.39 is 11.7 Å². The van der Waals surface area contributed by atoms with E-state index in [2.05, 4.69) is 23.4 Å². The molecule has 0 spiro atoms. The summed E-state index contributed by atoms with van der Waals surface area (Å²) in [5.41, 5.74) is 2.05. The monoisotopic (exact) mass is 270 g/mol. The molecule has 0 saturated carbocycles. The number of carbonyl (C=O) groups is 2. The van der Waals surface area contributed by atoms with Crippen LogP contribution < -0.4 is 5.32 Å². The van der Waals surface area contributed by atoms with Crippen LogP contribution in [0, 0.1) is 0 Å². The molecule has 0 atom stereocenters. The second-order valence-corrected chi connectivity index (χ2v) is 4.71. The van der Waals surface area contributed by atoms with Crippen molar-refractivity contribution in [3.63, 3.8) is 0 Å². The first kappa shape index (κ1) is 14.2. The van der Waals surface area contributed by atoms with Crippen LogP contribution in [0.3, 0.4) is 0 Å². The topological polar surface area (TPSA) is 49.4 Å². The van der Waals surface area contributed by atoms with Gasteiger partial charge in [-0.3, -0.25) is 14.5 Å². The van der Waals surface area contributed by atoms with Crippen molar-refractivity contribution < 1.29 is 9.59 Å². The maximum Gasteiger partial charge on any atom is 0.296 e. The summed E-state index contributed by atoms with van der Waals surface area (Å²) in [6.45, 7) is 9.79. The molecular formula is C16H18N2O2. The lowest BCUT2D eigenvalue weighted by atomic mass is 10.0. The summed E-state index contributed by atoms with van der Waals surface area (Å²) in [6, 6.07) is 5.52. The van der Waals surface area contributed by atoms with Crippen LogP contribution in [0.25, 0.3) is 0 Å². The zero-order valence-electron chi connectivity index (χ0n) is 11.4. The molecule has 1 heterocycles. The molecule has 1 N–H and O–H groups in total. The fraction of sp³-hybridized carbons (Fsp3) is 0.250. The molecule has 0 unspecified atom stereocenters. The summed E-state index contributed by atoms with van der Waals surface area (Å²) in [5.74, 6) is -0.976. The van der Waals surface area contributed by atoms with E-state index in [1.165, 1.54) is 0 Å². The van der Waals surface area contributed by atoms with Crippen molar-refractivity contribution in [1.82, 2.24) is 4.90 Å². The number of nitrogens with zero attached hydrogens (tertiary/aromatic N) is 1. The largest absolute Gasteiger partial charge is 0.318 e. The van der Waals surface area contributed by atoms with Gasteiger partial charge in [0.1, 0.15) is 0 Å². The molecule has 1 aromatic rings. The Morgan fingerprint density at radius 1 is 1.15 bits per heavy atom. The number of rotatable bonds is 7. The highest BCUT2D eigenvalue weighted by Crippen LogP contribution is 2.26. The van der Waals surface area contributed by atoms with Crippen molar-refractivity contribution in [2.24, 2.45) is 0 Å². The quantitative estimate of drug-likeness (QED) is 0.609. The Labute approximate surface area is 118 Å². The molecule has 0 radical (unpaired) electrons. The molecule has 0 saturated heterocycles. The van der Waals surface area contributed by atoms with E-state index in [0.29, 0.717) is 17.7 Å². The van der Waals surface area contributed by atoms with Crippen LogP contribution in [-0.4, -0.2) is 36.2 Å². The second kappa shape index (κ2) is 6.30. The van der Waals surface area contributed by atoms with E-state index in [9.17, 15) is 9.59 Å². The third kappa shape index (κ3) is 2.86. The molecule has 1 amide bonds. The number of hydrogen-bond donors (Lipinski definition) is 1. The molecule has 4 nitrogen and oxygen atoms in total. The summed E-state index contributed by atoms with van der Waals surface area (Å²) in [6.07, 6.45) is 4.40. The maximum atomic E-state index is 11.9. The Morgan fingerprint density at radius 3 is 2.50 bits per heavy atom. The summed E-state index contributed by atoms with van der Waals surface area (Å²) in [4.78, 5) is 25.5. The highest BCUT2D eigenvalue weighted by atomic mass is 16.2. The molecule has 0 bridgehead atoms. The molecule has 0 aromatic heterocycles. The van der Waals surface area contributed by atoms with E-state index in [0.717, 1.165) is 25.2 Å². The van der Waals surface area contributed by atoms with Gasteiger partial charge >= 0.3 is 0 Å².